The highest BCUT2D eigenvalue weighted by Crippen LogP contribution is 2.15. The normalized spacial score (nSPS) is 12.3. The maximum Gasteiger partial charge on any atom is 0.123 e. The fourth-order valence-corrected chi connectivity index (χ4v) is 1.60. The summed E-state index contributed by atoms with van der Waals surface area (Å²) < 4.78 is 0. The van der Waals surface area contributed by atoms with Gasteiger partial charge in [0.25, 0.3) is 0 Å². The summed E-state index contributed by atoms with van der Waals surface area (Å²) in [5.74, 6) is 0.527. The molecule has 82 valence electrons. The van der Waals surface area contributed by atoms with E-state index in [1.807, 2.05) is 24.3 Å². The Morgan fingerprint density at radius 1 is 1.12 bits per heavy atom. The Kier molecular flexibility index (Phi) is 3.12. The number of rotatable bonds is 3. The largest absolute Gasteiger partial charge is 0.384 e. The smallest absolute Gasteiger partial charge is 0.123 e. The SMILES string of the molecule is Nc1cc(CC(N)c2ccncc2)ccn1. The zero-order chi connectivity index (χ0) is 11.4. The number of nitrogens with two attached hydrogens (primary N) is 2. The van der Waals surface area contributed by atoms with Crippen LogP contribution in [0.25, 0.3) is 0 Å². The summed E-state index contributed by atoms with van der Waals surface area (Å²) in [5.41, 5.74) is 13.9. The highest BCUT2D eigenvalue weighted by molar-refractivity contribution is 5.33. The second-order valence-electron chi connectivity index (χ2n) is 3.68. The van der Waals surface area contributed by atoms with Gasteiger partial charge < -0.3 is 11.5 Å². The van der Waals surface area contributed by atoms with Gasteiger partial charge in [-0.05, 0) is 41.8 Å². The number of nitrogen functional groups attached to an aromatic ring is 1. The Bertz CT molecular complexity index is 456. The number of aromatic nitrogens is 2. The molecule has 0 bridgehead atoms. The number of nitrogens with zero attached hydrogens (tertiary/aromatic N) is 2. The summed E-state index contributed by atoms with van der Waals surface area (Å²) in [6.07, 6.45) is 5.94. The molecule has 0 aliphatic carbocycles. The summed E-state index contributed by atoms with van der Waals surface area (Å²) in [7, 11) is 0. The van der Waals surface area contributed by atoms with Gasteiger partial charge >= 0.3 is 0 Å². The van der Waals surface area contributed by atoms with Gasteiger partial charge in [-0.25, -0.2) is 4.98 Å². The molecule has 0 aliphatic rings. The van der Waals surface area contributed by atoms with Gasteiger partial charge in [0.15, 0.2) is 0 Å². The van der Waals surface area contributed by atoms with Crippen LogP contribution in [0, 0.1) is 0 Å². The molecular formula is C12H14N4. The first-order chi connectivity index (χ1) is 7.75. The van der Waals surface area contributed by atoms with Crippen molar-refractivity contribution in [3.63, 3.8) is 0 Å². The summed E-state index contributed by atoms with van der Waals surface area (Å²) in [5, 5.41) is 0. The third kappa shape index (κ3) is 2.55. The molecule has 4 heteroatoms. The molecule has 1 unspecified atom stereocenters. The van der Waals surface area contributed by atoms with Crippen LogP contribution >= 0.6 is 0 Å². The van der Waals surface area contributed by atoms with E-state index < -0.39 is 0 Å². The molecule has 2 aromatic rings. The van der Waals surface area contributed by atoms with Crippen LogP contribution in [0.3, 0.4) is 0 Å². The highest BCUT2D eigenvalue weighted by Gasteiger charge is 2.06. The van der Waals surface area contributed by atoms with Crippen molar-refractivity contribution >= 4 is 5.82 Å². The molecule has 0 radical (unpaired) electrons. The minimum atomic E-state index is -0.0372. The van der Waals surface area contributed by atoms with Gasteiger partial charge in [-0.15, -0.1) is 0 Å². The lowest BCUT2D eigenvalue weighted by Gasteiger charge is -2.11. The predicted octanol–water partition coefficient (Wildman–Crippen LogP) is 1.30. The van der Waals surface area contributed by atoms with Crippen LogP contribution in [-0.4, -0.2) is 9.97 Å². The van der Waals surface area contributed by atoms with Crippen molar-refractivity contribution in [1.29, 1.82) is 0 Å². The summed E-state index contributed by atoms with van der Waals surface area (Å²) in [4.78, 5) is 7.91. The number of pyridine rings is 2. The van der Waals surface area contributed by atoms with Gasteiger partial charge in [-0.2, -0.15) is 0 Å². The quantitative estimate of drug-likeness (QED) is 0.807. The zero-order valence-corrected chi connectivity index (χ0v) is 8.88. The van der Waals surface area contributed by atoms with E-state index in [1.165, 1.54) is 0 Å². The van der Waals surface area contributed by atoms with Crippen LogP contribution in [-0.2, 0) is 6.42 Å². The van der Waals surface area contributed by atoms with Gasteiger partial charge in [-0.1, -0.05) is 0 Å². The number of anilines is 1. The van der Waals surface area contributed by atoms with Crippen LogP contribution in [0.1, 0.15) is 17.2 Å². The van der Waals surface area contributed by atoms with Crippen molar-refractivity contribution in [2.75, 3.05) is 5.73 Å². The van der Waals surface area contributed by atoms with E-state index >= 15 is 0 Å². The van der Waals surface area contributed by atoms with Gasteiger partial charge in [0, 0.05) is 24.6 Å². The first-order valence-electron chi connectivity index (χ1n) is 5.11. The standard InChI is InChI=1S/C12H14N4/c13-11(10-2-4-15-5-3-10)7-9-1-6-16-12(14)8-9/h1-6,8,11H,7,13H2,(H2,14,16). The molecule has 0 aromatic carbocycles. The average molecular weight is 214 g/mol. The van der Waals surface area contributed by atoms with E-state index in [4.69, 9.17) is 11.5 Å². The van der Waals surface area contributed by atoms with E-state index in [0.717, 1.165) is 17.5 Å². The third-order valence-electron chi connectivity index (χ3n) is 2.44. The van der Waals surface area contributed by atoms with Crippen LogP contribution < -0.4 is 11.5 Å². The Labute approximate surface area is 94.3 Å². The molecule has 2 aromatic heterocycles. The van der Waals surface area contributed by atoms with E-state index in [1.54, 1.807) is 18.6 Å². The van der Waals surface area contributed by atoms with Crippen LogP contribution in [0.4, 0.5) is 5.82 Å². The lowest BCUT2D eigenvalue weighted by atomic mass is 10.0. The summed E-state index contributed by atoms with van der Waals surface area (Å²) >= 11 is 0. The zero-order valence-electron chi connectivity index (χ0n) is 8.88. The van der Waals surface area contributed by atoms with Crippen molar-refractivity contribution in [3.05, 3.63) is 54.0 Å². The van der Waals surface area contributed by atoms with E-state index in [-0.39, 0.29) is 6.04 Å². The second-order valence-corrected chi connectivity index (χ2v) is 3.68. The molecule has 0 amide bonds. The van der Waals surface area contributed by atoms with Gasteiger partial charge in [-0.3, -0.25) is 4.98 Å². The topological polar surface area (TPSA) is 77.8 Å². The van der Waals surface area contributed by atoms with Crippen LogP contribution in [0.2, 0.25) is 0 Å². The van der Waals surface area contributed by atoms with Crippen LogP contribution in [0.5, 0.6) is 0 Å². The molecular weight excluding hydrogens is 200 g/mol. The van der Waals surface area contributed by atoms with Crippen LogP contribution in [0.15, 0.2) is 42.9 Å². The van der Waals surface area contributed by atoms with E-state index in [9.17, 15) is 0 Å². The third-order valence-corrected chi connectivity index (χ3v) is 2.44. The minimum Gasteiger partial charge on any atom is -0.384 e. The molecule has 0 aliphatic heterocycles. The lowest BCUT2D eigenvalue weighted by molar-refractivity contribution is 0.720. The molecule has 16 heavy (non-hydrogen) atoms. The molecule has 1 atom stereocenters. The van der Waals surface area contributed by atoms with Gasteiger partial charge in [0.2, 0.25) is 0 Å². The molecule has 0 saturated carbocycles. The van der Waals surface area contributed by atoms with Crippen molar-refractivity contribution in [2.24, 2.45) is 5.73 Å². The first-order valence-corrected chi connectivity index (χ1v) is 5.11. The average Bonchev–Trinajstić information content (AvgIpc) is 2.30. The van der Waals surface area contributed by atoms with Crippen molar-refractivity contribution in [2.45, 2.75) is 12.5 Å². The van der Waals surface area contributed by atoms with E-state index in [2.05, 4.69) is 9.97 Å². The summed E-state index contributed by atoms with van der Waals surface area (Å²) in [6.45, 7) is 0. The van der Waals surface area contributed by atoms with Gasteiger partial charge in [0.05, 0.1) is 0 Å². The number of hydrogen-bond donors (Lipinski definition) is 2. The Morgan fingerprint density at radius 3 is 2.56 bits per heavy atom. The molecule has 0 saturated heterocycles. The number of hydrogen-bond acceptors (Lipinski definition) is 4. The minimum absolute atomic E-state index is 0.0372. The molecule has 2 heterocycles. The molecule has 0 fully saturated rings. The maximum atomic E-state index is 6.09. The second kappa shape index (κ2) is 4.72. The van der Waals surface area contributed by atoms with E-state index in [0.29, 0.717) is 5.82 Å². The lowest BCUT2D eigenvalue weighted by Crippen LogP contribution is -2.13. The molecule has 0 spiro atoms. The predicted molar refractivity (Wildman–Crippen MR) is 63.5 cm³/mol. The maximum absolute atomic E-state index is 6.09. The van der Waals surface area contributed by atoms with Crippen molar-refractivity contribution in [1.82, 2.24) is 9.97 Å². The Morgan fingerprint density at radius 2 is 1.88 bits per heavy atom. The monoisotopic (exact) mass is 214 g/mol. The fourth-order valence-electron chi connectivity index (χ4n) is 1.60. The van der Waals surface area contributed by atoms with Crippen molar-refractivity contribution < 1.29 is 0 Å². The molecule has 4 nitrogen and oxygen atoms in total. The highest BCUT2D eigenvalue weighted by atomic mass is 14.8. The van der Waals surface area contributed by atoms with Gasteiger partial charge in [0.1, 0.15) is 5.82 Å². The first kappa shape index (κ1) is 10.6. The fraction of sp³-hybridized carbons (Fsp3) is 0.167. The van der Waals surface area contributed by atoms with Crippen molar-refractivity contribution in [3.8, 4) is 0 Å². The Hall–Kier alpha value is -1.94. The molecule has 4 N–H and O–H groups in total. The molecule has 2 rings (SSSR count). The Balaban J connectivity index is 2.11. The summed E-state index contributed by atoms with van der Waals surface area (Å²) in [6, 6.07) is 7.59.